The Kier molecular flexibility index (Phi) is 6.74. The lowest BCUT2D eigenvalue weighted by Crippen LogP contribution is -2.37. The Labute approximate surface area is 117 Å². The number of benzene rings is 1. The van der Waals surface area contributed by atoms with Gasteiger partial charge in [-0.15, -0.1) is 0 Å². The molecule has 0 unspecified atom stereocenters. The molecule has 19 heavy (non-hydrogen) atoms. The zero-order valence-electron chi connectivity index (χ0n) is 10.7. The number of hydrogen-bond acceptors (Lipinski definition) is 3. The zero-order chi connectivity index (χ0) is 14.1. The van der Waals surface area contributed by atoms with Gasteiger partial charge in [0.1, 0.15) is 5.75 Å². The molecule has 2 N–H and O–H groups in total. The minimum absolute atomic E-state index is 0.0151. The first-order valence-electron chi connectivity index (χ1n) is 6.04. The average Bonchev–Trinajstić information content (AvgIpc) is 2.39. The molecule has 0 aliphatic heterocycles. The molecule has 0 atom stereocenters. The van der Waals surface area contributed by atoms with Crippen molar-refractivity contribution in [2.45, 2.75) is 13.3 Å². The second kappa shape index (κ2) is 8.37. The summed E-state index contributed by atoms with van der Waals surface area (Å²) in [6.07, 6.45) is 0.171. The Hall–Kier alpha value is -1.75. The Bertz CT molecular complexity index is 438. The van der Waals surface area contributed by atoms with Gasteiger partial charge in [-0.25, -0.2) is 0 Å². The maximum absolute atomic E-state index is 11.4. The quantitative estimate of drug-likeness (QED) is 0.794. The van der Waals surface area contributed by atoms with Gasteiger partial charge in [0.15, 0.2) is 0 Å². The Morgan fingerprint density at radius 3 is 2.63 bits per heavy atom. The summed E-state index contributed by atoms with van der Waals surface area (Å²) in [5, 5.41) is 5.60. The van der Waals surface area contributed by atoms with Crippen LogP contribution in [0.1, 0.15) is 13.3 Å². The van der Waals surface area contributed by atoms with Crippen molar-refractivity contribution in [2.75, 3.05) is 19.7 Å². The molecule has 1 aromatic carbocycles. The molecular formula is C13H17ClN2O3. The number of carbonyl (C=O) groups excluding carboxylic acids is 2. The Morgan fingerprint density at radius 1 is 1.21 bits per heavy atom. The summed E-state index contributed by atoms with van der Waals surface area (Å²) in [7, 11) is 0. The fraction of sp³-hybridized carbons (Fsp3) is 0.385. The molecule has 0 aliphatic rings. The topological polar surface area (TPSA) is 67.4 Å². The second-order valence-corrected chi connectivity index (χ2v) is 4.17. The van der Waals surface area contributed by atoms with Gasteiger partial charge in [0.05, 0.1) is 24.6 Å². The van der Waals surface area contributed by atoms with Crippen LogP contribution in [0.15, 0.2) is 24.3 Å². The van der Waals surface area contributed by atoms with E-state index in [0.29, 0.717) is 17.3 Å². The predicted molar refractivity (Wildman–Crippen MR) is 73.3 cm³/mol. The Balaban J connectivity index is 2.21. The smallest absolute Gasteiger partial charge is 0.239 e. The summed E-state index contributed by atoms with van der Waals surface area (Å²) in [5.41, 5.74) is 0. The third-order valence-corrected chi connectivity index (χ3v) is 2.56. The van der Waals surface area contributed by atoms with Crippen molar-refractivity contribution in [3.05, 3.63) is 29.3 Å². The van der Waals surface area contributed by atoms with E-state index in [2.05, 4.69) is 10.6 Å². The van der Waals surface area contributed by atoms with Gasteiger partial charge in [-0.3, -0.25) is 9.59 Å². The van der Waals surface area contributed by atoms with Crippen LogP contribution in [0.25, 0.3) is 0 Å². The minimum Gasteiger partial charge on any atom is -0.491 e. The Morgan fingerprint density at radius 2 is 1.95 bits per heavy atom. The van der Waals surface area contributed by atoms with Crippen LogP contribution in [-0.2, 0) is 9.59 Å². The van der Waals surface area contributed by atoms with Gasteiger partial charge in [0.25, 0.3) is 0 Å². The van der Waals surface area contributed by atoms with Crippen LogP contribution < -0.4 is 15.4 Å². The number of halogens is 1. The summed E-state index contributed by atoms with van der Waals surface area (Å²) in [6.45, 7) is 2.56. The van der Waals surface area contributed by atoms with Crippen LogP contribution in [0, 0.1) is 0 Å². The van der Waals surface area contributed by atoms with Crippen molar-refractivity contribution < 1.29 is 14.3 Å². The van der Waals surface area contributed by atoms with Crippen molar-refractivity contribution in [1.29, 1.82) is 0 Å². The molecule has 0 aliphatic carbocycles. The van der Waals surface area contributed by atoms with Gasteiger partial charge in [-0.05, 0) is 19.1 Å². The molecule has 0 heterocycles. The lowest BCUT2D eigenvalue weighted by molar-refractivity contribution is -0.126. The van der Waals surface area contributed by atoms with Gasteiger partial charge < -0.3 is 15.4 Å². The van der Waals surface area contributed by atoms with E-state index in [1.807, 2.05) is 6.92 Å². The second-order valence-electron chi connectivity index (χ2n) is 3.76. The number of likely N-dealkylation sites (N-methyl/N-ethyl adjacent to an activating group) is 1. The maximum atomic E-state index is 11.4. The molecule has 0 bridgehead atoms. The first kappa shape index (κ1) is 15.3. The van der Waals surface area contributed by atoms with E-state index in [4.69, 9.17) is 16.3 Å². The van der Waals surface area contributed by atoms with Gasteiger partial charge in [-0.1, -0.05) is 23.7 Å². The van der Waals surface area contributed by atoms with E-state index in [1.54, 1.807) is 24.3 Å². The summed E-state index contributed by atoms with van der Waals surface area (Å²) in [4.78, 5) is 22.5. The normalized spacial score (nSPS) is 9.79. The van der Waals surface area contributed by atoms with Gasteiger partial charge in [0.2, 0.25) is 11.8 Å². The van der Waals surface area contributed by atoms with Gasteiger partial charge >= 0.3 is 0 Å². The predicted octanol–water partition coefficient (Wildman–Crippen LogP) is 1.36. The zero-order valence-corrected chi connectivity index (χ0v) is 11.5. The molecule has 1 rings (SSSR count). The van der Waals surface area contributed by atoms with Crippen LogP contribution in [0.2, 0.25) is 5.02 Å². The molecule has 0 spiro atoms. The molecule has 0 fully saturated rings. The van der Waals surface area contributed by atoms with Crippen molar-refractivity contribution in [2.24, 2.45) is 0 Å². The highest BCUT2D eigenvalue weighted by Gasteiger charge is 2.05. The highest BCUT2D eigenvalue weighted by atomic mass is 35.5. The van der Waals surface area contributed by atoms with E-state index in [9.17, 15) is 9.59 Å². The summed E-state index contributed by atoms with van der Waals surface area (Å²) in [5.74, 6) is 0.0990. The van der Waals surface area contributed by atoms with Crippen LogP contribution in [0.4, 0.5) is 0 Å². The summed E-state index contributed by atoms with van der Waals surface area (Å²) < 4.78 is 5.37. The molecule has 6 heteroatoms. The number of para-hydroxylation sites is 1. The number of ether oxygens (including phenoxy) is 1. The summed E-state index contributed by atoms with van der Waals surface area (Å²) in [6, 6.07) is 7.05. The maximum Gasteiger partial charge on any atom is 0.239 e. The highest BCUT2D eigenvalue weighted by molar-refractivity contribution is 6.32. The van der Waals surface area contributed by atoms with E-state index >= 15 is 0 Å². The number of hydrogen-bond donors (Lipinski definition) is 2. The van der Waals surface area contributed by atoms with Crippen molar-refractivity contribution in [3.8, 4) is 5.75 Å². The molecule has 0 saturated heterocycles. The first-order chi connectivity index (χ1) is 9.13. The number of nitrogens with one attached hydrogen (secondary N) is 2. The SMILES string of the molecule is CCNC(=O)CNC(=O)CCOc1ccccc1Cl. The fourth-order valence-corrected chi connectivity index (χ4v) is 1.53. The third kappa shape index (κ3) is 6.10. The van der Waals surface area contributed by atoms with Crippen LogP contribution >= 0.6 is 11.6 Å². The van der Waals surface area contributed by atoms with E-state index < -0.39 is 0 Å². The molecular weight excluding hydrogens is 268 g/mol. The fourth-order valence-electron chi connectivity index (χ4n) is 1.34. The van der Waals surface area contributed by atoms with E-state index in [1.165, 1.54) is 0 Å². The molecule has 0 saturated carbocycles. The third-order valence-electron chi connectivity index (χ3n) is 2.24. The number of rotatable bonds is 7. The van der Waals surface area contributed by atoms with Crippen LogP contribution in [0.3, 0.4) is 0 Å². The summed E-state index contributed by atoms with van der Waals surface area (Å²) >= 11 is 5.90. The number of carbonyl (C=O) groups is 2. The molecule has 2 amide bonds. The first-order valence-corrected chi connectivity index (χ1v) is 6.42. The van der Waals surface area contributed by atoms with Crippen LogP contribution in [0.5, 0.6) is 5.75 Å². The lowest BCUT2D eigenvalue weighted by Gasteiger charge is -2.08. The molecule has 104 valence electrons. The standard InChI is InChI=1S/C13H17ClN2O3/c1-2-15-13(18)9-16-12(17)7-8-19-11-6-4-3-5-10(11)14/h3-6H,2,7-9H2,1H3,(H,15,18)(H,16,17). The van der Waals surface area contributed by atoms with E-state index in [0.717, 1.165) is 0 Å². The van der Waals surface area contributed by atoms with Crippen molar-refractivity contribution in [1.82, 2.24) is 10.6 Å². The number of amides is 2. The largest absolute Gasteiger partial charge is 0.491 e. The van der Waals surface area contributed by atoms with E-state index in [-0.39, 0.29) is 31.4 Å². The van der Waals surface area contributed by atoms with Crippen LogP contribution in [-0.4, -0.2) is 31.5 Å². The van der Waals surface area contributed by atoms with Gasteiger partial charge in [0, 0.05) is 6.54 Å². The monoisotopic (exact) mass is 284 g/mol. The van der Waals surface area contributed by atoms with Crippen molar-refractivity contribution >= 4 is 23.4 Å². The molecule has 0 aromatic heterocycles. The highest BCUT2D eigenvalue weighted by Crippen LogP contribution is 2.22. The molecule has 1 aromatic rings. The minimum atomic E-state index is -0.238. The average molecular weight is 285 g/mol. The molecule has 5 nitrogen and oxygen atoms in total. The van der Waals surface area contributed by atoms with Crippen molar-refractivity contribution in [3.63, 3.8) is 0 Å². The lowest BCUT2D eigenvalue weighted by atomic mass is 10.3. The van der Waals surface area contributed by atoms with Gasteiger partial charge in [-0.2, -0.15) is 0 Å². The molecule has 0 radical (unpaired) electrons.